The lowest BCUT2D eigenvalue weighted by Crippen LogP contribution is -2.51. The van der Waals surface area contributed by atoms with Gasteiger partial charge in [0.1, 0.15) is 5.82 Å². The van der Waals surface area contributed by atoms with E-state index in [1.807, 2.05) is 11.9 Å². The highest BCUT2D eigenvalue weighted by Gasteiger charge is 2.37. The average molecular weight is 338 g/mol. The molecule has 1 aromatic carbocycles. The van der Waals surface area contributed by atoms with Crippen LogP contribution in [0.4, 0.5) is 4.39 Å². The zero-order chi connectivity index (χ0) is 14.3. The first kappa shape index (κ1) is 13.3. The molecule has 1 amide bonds. The Balaban J connectivity index is 2.02. The molecule has 2 heterocycles. The molecule has 2 aliphatic heterocycles. The fraction of sp³-hybridized carbons (Fsp3) is 0.286. The number of carbonyl (C=O) groups excluding carboxylic acids is 1. The molecule has 0 aromatic heterocycles. The standard InChI is InChI=1S/C14H13BrFN3O/c1-18-8-11(15)13(20)19-12(6-7-17-14(18)19)9-2-4-10(16)5-3-9/h2-5,8,12H,6-7H2,1H3. The van der Waals surface area contributed by atoms with Gasteiger partial charge in [0.2, 0.25) is 5.96 Å². The number of guanidine groups is 1. The molecular formula is C14H13BrFN3O. The van der Waals surface area contributed by atoms with E-state index in [0.29, 0.717) is 17.0 Å². The van der Waals surface area contributed by atoms with Gasteiger partial charge in [-0.25, -0.2) is 4.39 Å². The van der Waals surface area contributed by atoms with Gasteiger partial charge < -0.3 is 4.90 Å². The molecule has 1 aromatic rings. The Kier molecular flexibility index (Phi) is 3.33. The van der Waals surface area contributed by atoms with Crippen LogP contribution in [0.2, 0.25) is 0 Å². The molecule has 0 saturated heterocycles. The van der Waals surface area contributed by atoms with Gasteiger partial charge in [0.05, 0.1) is 10.5 Å². The summed E-state index contributed by atoms with van der Waals surface area (Å²) in [5, 5.41) is 0. The predicted octanol–water partition coefficient (Wildman–Crippen LogP) is 2.64. The summed E-state index contributed by atoms with van der Waals surface area (Å²) < 4.78 is 13.6. The first-order valence-corrected chi connectivity index (χ1v) is 7.11. The molecule has 1 atom stereocenters. The number of rotatable bonds is 1. The topological polar surface area (TPSA) is 35.9 Å². The highest BCUT2D eigenvalue weighted by molar-refractivity contribution is 9.12. The SMILES string of the molecule is CN1C=C(Br)C(=O)N2C1=NCCC2c1ccc(F)cc1. The van der Waals surface area contributed by atoms with Crippen LogP contribution in [0.15, 0.2) is 39.9 Å². The molecule has 0 spiro atoms. The molecule has 6 heteroatoms. The molecule has 2 aliphatic rings. The molecule has 3 rings (SSSR count). The minimum absolute atomic E-state index is 0.112. The van der Waals surface area contributed by atoms with Crippen molar-refractivity contribution in [1.82, 2.24) is 9.80 Å². The summed E-state index contributed by atoms with van der Waals surface area (Å²) in [6, 6.07) is 6.18. The van der Waals surface area contributed by atoms with Crippen molar-refractivity contribution < 1.29 is 9.18 Å². The Hall–Kier alpha value is -1.69. The van der Waals surface area contributed by atoms with Gasteiger partial charge in [-0.1, -0.05) is 12.1 Å². The Bertz CT molecular complexity index is 611. The molecule has 1 unspecified atom stereocenters. The number of hydrogen-bond donors (Lipinski definition) is 0. The van der Waals surface area contributed by atoms with Crippen LogP contribution in [-0.2, 0) is 4.79 Å². The van der Waals surface area contributed by atoms with Crippen LogP contribution in [-0.4, -0.2) is 35.3 Å². The van der Waals surface area contributed by atoms with Gasteiger partial charge in [0, 0.05) is 19.8 Å². The van der Waals surface area contributed by atoms with E-state index in [9.17, 15) is 9.18 Å². The van der Waals surface area contributed by atoms with E-state index >= 15 is 0 Å². The van der Waals surface area contributed by atoms with E-state index in [2.05, 4.69) is 20.9 Å². The molecule has 0 fully saturated rings. The molecule has 0 N–H and O–H groups in total. The fourth-order valence-electron chi connectivity index (χ4n) is 2.54. The third-order valence-corrected chi connectivity index (χ3v) is 4.03. The van der Waals surface area contributed by atoms with Crippen molar-refractivity contribution in [3.05, 3.63) is 46.3 Å². The van der Waals surface area contributed by atoms with E-state index in [4.69, 9.17) is 0 Å². The van der Waals surface area contributed by atoms with Gasteiger partial charge in [-0.05, 0) is 40.0 Å². The third kappa shape index (κ3) is 2.14. The van der Waals surface area contributed by atoms with E-state index in [-0.39, 0.29) is 17.8 Å². The van der Waals surface area contributed by atoms with Gasteiger partial charge in [-0.15, -0.1) is 0 Å². The summed E-state index contributed by atoms with van der Waals surface area (Å²) in [5.74, 6) is 0.247. The van der Waals surface area contributed by atoms with Crippen molar-refractivity contribution in [2.75, 3.05) is 13.6 Å². The molecule has 0 saturated carbocycles. The fourth-order valence-corrected chi connectivity index (χ4v) is 3.04. The summed E-state index contributed by atoms with van der Waals surface area (Å²) in [6.45, 7) is 0.650. The van der Waals surface area contributed by atoms with Crippen LogP contribution >= 0.6 is 15.9 Å². The van der Waals surface area contributed by atoms with E-state index in [1.54, 1.807) is 23.2 Å². The maximum Gasteiger partial charge on any atom is 0.269 e. The Labute approximate surface area is 124 Å². The smallest absolute Gasteiger partial charge is 0.269 e. The maximum atomic E-state index is 13.1. The minimum atomic E-state index is -0.276. The van der Waals surface area contributed by atoms with E-state index in [1.165, 1.54) is 12.1 Å². The average Bonchev–Trinajstić information content (AvgIpc) is 2.45. The van der Waals surface area contributed by atoms with Crippen molar-refractivity contribution >= 4 is 27.8 Å². The molecule has 0 bridgehead atoms. The van der Waals surface area contributed by atoms with Gasteiger partial charge in [-0.3, -0.25) is 14.7 Å². The Morgan fingerprint density at radius 1 is 1.35 bits per heavy atom. The second-order valence-electron chi connectivity index (χ2n) is 4.80. The predicted molar refractivity (Wildman–Crippen MR) is 77.7 cm³/mol. The first-order chi connectivity index (χ1) is 9.58. The largest absolute Gasteiger partial charge is 0.321 e. The number of halogens is 2. The van der Waals surface area contributed by atoms with Crippen LogP contribution in [0.1, 0.15) is 18.0 Å². The monoisotopic (exact) mass is 337 g/mol. The molecular weight excluding hydrogens is 325 g/mol. The van der Waals surface area contributed by atoms with Crippen molar-refractivity contribution in [3.63, 3.8) is 0 Å². The first-order valence-electron chi connectivity index (χ1n) is 6.31. The van der Waals surface area contributed by atoms with Crippen LogP contribution in [0.25, 0.3) is 0 Å². The van der Waals surface area contributed by atoms with E-state index in [0.717, 1.165) is 12.0 Å². The van der Waals surface area contributed by atoms with Crippen LogP contribution < -0.4 is 0 Å². The van der Waals surface area contributed by atoms with Gasteiger partial charge in [-0.2, -0.15) is 0 Å². The number of benzene rings is 1. The van der Waals surface area contributed by atoms with Crippen LogP contribution in [0, 0.1) is 5.82 Å². The number of amides is 1. The van der Waals surface area contributed by atoms with Gasteiger partial charge in [0.15, 0.2) is 0 Å². The third-order valence-electron chi connectivity index (χ3n) is 3.48. The van der Waals surface area contributed by atoms with Gasteiger partial charge in [0.25, 0.3) is 5.91 Å². The second kappa shape index (κ2) is 5.01. The lowest BCUT2D eigenvalue weighted by atomic mass is 10.00. The zero-order valence-corrected chi connectivity index (χ0v) is 12.5. The van der Waals surface area contributed by atoms with Crippen LogP contribution in [0.5, 0.6) is 0 Å². The molecule has 4 nitrogen and oxygen atoms in total. The summed E-state index contributed by atoms with van der Waals surface area (Å²) >= 11 is 3.28. The zero-order valence-electron chi connectivity index (χ0n) is 10.9. The molecule has 20 heavy (non-hydrogen) atoms. The van der Waals surface area contributed by atoms with Crippen molar-refractivity contribution in [2.24, 2.45) is 4.99 Å². The van der Waals surface area contributed by atoms with Crippen molar-refractivity contribution in [2.45, 2.75) is 12.5 Å². The van der Waals surface area contributed by atoms with Crippen LogP contribution in [0.3, 0.4) is 0 Å². The number of fused-ring (bicyclic) bond motifs is 1. The van der Waals surface area contributed by atoms with E-state index < -0.39 is 0 Å². The minimum Gasteiger partial charge on any atom is -0.321 e. The summed E-state index contributed by atoms with van der Waals surface area (Å²) in [7, 11) is 1.85. The number of aliphatic imine (C=N–C) groups is 1. The summed E-state index contributed by atoms with van der Waals surface area (Å²) in [5.41, 5.74) is 0.919. The number of nitrogens with zero attached hydrogens (tertiary/aromatic N) is 3. The summed E-state index contributed by atoms with van der Waals surface area (Å²) in [4.78, 5) is 20.3. The highest BCUT2D eigenvalue weighted by Crippen LogP contribution is 2.33. The number of hydrogen-bond acceptors (Lipinski definition) is 3. The van der Waals surface area contributed by atoms with Gasteiger partial charge >= 0.3 is 0 Å². The molecule has 0 radical (unpaired) electrons. The lowest BCUT2D eigenvalue weighted by Gasteiger charge is -2.40. The molecule has 0 aliphatic carbocycles. The Morgan fingerprint density at radius 2 is 2.05 bits per heavy atom. The highest BCUT2D eigenvalue weighted by atomic mass is 79.9. The lowest BCUT2D eigenvalue weighted by molar-refractivity contribution is -0.125. The molecule has 104 valence electrons. The normalized spacial score (nSPS) is 22.4. The number of carbonyl (C=O) groups is 1. The van der Waals surface area contributed by atoms with Crippen molar-refractivity contribution in [3.8, 4) is 0 Å². The van der Waals surface area contributed by atoms with Crippen molar-refractivity contribution in [1.29, 1.82) is 0 Å². The maximum absolute atomic E-state index is 13.1. The summed E-state index contributed by atoms with van der Waals surface area (Å²) in [6.07, 6.45) is 2.44. The second-order valence-corrected chi connectivity index (χ2v) is 5.66. The Morgan fingerprint density at radius 3 is 2.75 bits per heavy atom. The quantitative estimate of drug-likeness (QED) is 0.789.